The fourth-order valence-electron chi connectivity index (χ4n) is 4.77. The molecule has 1 aromatic carbocycles. The molecule has 5 atom stereocenters. The first kappa shape index (κ1) is 44.5. The average Bonchev–Trinajstić information content (AvgIpc) is 3.09. The molecule has 0 heterocycles. The fraction of sp³-hybridized carbons (Fsp3) is 0.562. The average molecular weight is 733 g/mol. The first-order chi connectivity index (χ1) is 24.6. The number of nitrogens with two attached hydrogens (primary N) is 7. The van der Waals surface area contributed by atoms with E-state index >= 15 is 0 Å². The number of guanidine groups is 2. The van der Waals surface area contributed by atoms with Crippen molar-refractivity contribution in [3.8, 4) is 0 Å². The molecule has 6 amide bonds. The summed E-state index contributed by atoms with van der Waals surface area (Å²) in [4.78, 5) is 85.3. The number of nitrogens with one attached hydrogen (secondary N) is 5. The Morgan fingerprint density at radius 1 is 0.635 bits per heavy atom. The Morgan fingerprint density at radius 3 is 1.67 bits per heavy atom. The lowest BCUT2D eigenvalue weighted by Crippen LogP contribution is -2.58. The van der Waals surface area contributed by atoms with Gasteiger partial charge in [-0.25, -0.2) is 0 Å². The third kappa shape index (κ3) is 19.0. The quantitative estimate of drug-likeness (QED) is 0.0257. The molecule has 0 aliphatic rings. The summed E-state index contributed by atoms with van der Waals surface area (Å²) in [5.74, 6) is -4.44. The largest absolute Gasteiger partial charge is 0.370 e. The number of hydrogen-bond donors (Lipinski definition) is 12. The Kier molecular flexibility index (Phi) is 21.1. The van der Waals surface area contributed by atoms with Crippen molar-refractivity contribution in [2.24, 2.45) is 50.1 Å². The van der Waals surface area contributed by atoms with Crippen molar-refractivity contribution in [2.45, 2.75) is 88.5 Å². The zero-order valence-electron chi connectivity index (χ0n) is 29.6. The van der Waals surface area contributed by atoms with Gasteiger partial charge >= 0.3 is 0 Å². The van der Waals surface area contributed by atoms with Gasteiger partial charge in [0.05, 0.1) is 12.6 Å². The van der Waals surface area contributed by atoms with Crippen molar-refractivity contribution in [3.63, 3.8) is 0 Å². The molecular formula is C32H56N14O6. The van der Waals surface area contributed by atoms with Crippen LogP contribution in [-0.4, -0.2) is 104 Å². The van der Waals surface area contributed by atoms with Crippen molar-refractivity contribution < 1.29 is 28.8 Å². The second kappa shape index (κ2) is 24.6. The number of aliphatic imine (C=N–C) groups is 2. The first-order valence-corrected chi connectivity index (χ1v) is 17.0. The Balaban J connectivity index is 3.16. The molecule has 0 aliphatic carbocycles. The number of rotatable bonds is 25. The summed E-state index contributed by atoms with van der Waals surface area (Å²) < 4.78 is 0. The van der Waals surface area contributed by atoms with Gasteiger partial charge in [0.2, 0.25) is 35.4 Å². The normalized spacial score (nSPS) is 13.5. The Hall–Kier alpha value is -5.50. The molecule has 0 aliphatic heterocycles. The van der Waals surface area contributed by atoms with Crippen LogP contribution in [0.3, 0.4) is 0 Å². The van der Waals surface area contributed by atoms with Gasteiger partial charge in [-0.1, -0.05) is 36.8 Å². The number of amides is 6. The SMILES string of the molecule is CC(NC(=O)C(CCCN=C(N)N)NC(=O)C(CCCN=C(N)N)NC(=O)C(N)CCCCN)C(=O)NC(Cc1ccccc1)C(=O)NCC(N)=O. The number of unbranched alkanes of at least 4 members (excludes halogenated alkanes) is 1. The minimum atomic E-state index is -1.20. The minimum Gasteiger partial charge on any atom is -0.370 e. The van der Waals surface area contributed by atoms with Gasteiger partial charge in [-0.2, -0.15) is 0 Å². The van der Waals surface area contributed by atoms with Crippen molar-refractivity contribution in [2.75, 3.05) is 26.2 Å². The second-order valence-electron chi connectivity index (χ2n) is 12.1. The van der Waals surface area contributed by atoms with E-state index in [0.29, 0.717) is 32.2 Å². The zero-order valence-corrected chi connectivity index (χ0v) is 29.6. The van der Waals surface area contributed by atoms with E-state index in [1.807, 2.05) is 0 Å². The predicted molar refractivity (Wildman–Crippen MR) is 196 cm³/mol. The highest BCUT2D eigenvalue weighted by atomic mass is 16.2. The van der Waals surface area contributed by atoms with E-state index in [9.17, 15) is 28.8 Å². The van der Waals surface area contributed by atoms with Gasteiger partial charge in [0, 0.05) is 19.5 Å². The molecule has 19 N–H and O–H groups in total. The second-order valence-corrected chi connectivity index (χ2v) is 12.1. The molecule has 0 saturated carbocycles. The fourth-order valence-corrected chi connectivity index (χ4v) is 4.77. The van der Waals surface area contributed by atoms with E-state index in [4.69, 9.17) is 40.1 Å². The van der Waals surface area contributed by atoms with E-state index < -0.39 is 72.2 Å². The number of carbonyl (C=O) groups is 6. The topological polar surface area (TPSA) is 369 Å². The minimum absolute atomic E-state index is 0.0438. The Labute approximate surface area is 303 Å². The summed E-state index contributed by atoms with van der Waals surface area (Å²) in [7, 11) is 0. The first-order valence-electron chi connectivity index (χ1n) is 17.0. The van der Waals surface area contributed by atoms with Crippen molar-refractivity contribution in [1.82, 2.24) is 26.6 Å². The summed E-state index contributed by atoms with van der Waals surface area (Å²) in [5, 5.41) is 12.8. The molecule has 0 saturated heterocycles. The van der Waals surface area contributed by atoms with Crippen molar-refractivity contribution in [1.29, 1.82) is 0 Å². The van der Waals surface area contributed by atoms with Crippen LogP contribution in [0.2, 0.25) is 0 Å². The number of hydrogen-bond acceptors (Lipinski definition) is 10. The smallest absolute Gasteiger partial charge is 0.243 e. The van der Waals surface area contributed by atoms with Gasteiger partial charge in [-0.15, -0.1) is 0 Å². The Morgan fingerprint density at radius 2 is 1.15 bits per heavy atom. The molecule has 0 bridgehead atoms. The van der Waals surface area contributed by atoms with Crippen LogP contribution in [0.5, 0.6) is 0 Å². The lowest BCUT2D eigenvalue weighted by atomic mass is 10.0. The van der Waals surface area contributed by atoms with E-state index in [1.165, 1.54) is 6.92 Å². The standard InChI is InChI=1S/C32H56N14O6/c1-19(26(48)46-24(28(50)42-18-25(35)47)17-20-9-3-2-4-10-20)43-29(51)22(12-7-15-40-31(36)37)45-30(52)23(13-8-16-41-32(38)39)44-27(49)21(34)11-5-6-14-33/h2-4,9-10,19,21-24H,5-8,11-18,33-34H2,1H3,(H2,35,47)(H,42,50)(H,43,51)(H,44,49)(H,45,52)(H,46,48)(H4,36,37,40)(H4,38,39,41). The van der Waals surface area contributed by atoms with Crippen molar-refractivity contribution >= 4 is 47.4 Å². The number of carbonyl (C=O) groups excluding carboxylic acids is 6. The molecule has 5 unspecified atom stereocenters. The van der Waals surface area contributed by atoms with Gasteiger partial charge in [0.25, 0.3) is 0 Å². The van der Waals surface area contributed by atoms with Crippen molar-refractivity contribution in [3.05, 3.63) is 35.9 Å². The molecule has 0 fully saturated rings. The molecule has 52 heavy (non-hydrogen) atoms. The number of benzene rings is 1. The lowest BCUT2D eigenvalue weighted by Gasteiger charge is -2.26. The van der Waals surface area contributed by atoms with Crippen LogP contribution >= 0.6 is 0 Å². The molecule has 20 nitrogen and oxygen atoms in total. The summed E-state index contributed by atoms with van der Waals surface area (Å²) in [5.41, 5.74) is 39.1. The van der Waals surface area contributed by atoms with E-state index in [1.54, 1.807) is 30.3 Å². The van der Waals surface area contributed by atoms with Crippen LogP contribution in [0.25, 0.3) is 0 Å². The molecule has 0 aromatic heterocycles. The monoisotopic (exact) mass is 732 g/mol. The zero-order chi connectivity index (χ0) is 39.1. The third-order valence-electron chi connectivity index (χ3n) is 7.57. The van der Waals surface area contributed by atoms with Crippen LogP contribution in [0, 0.1) is 0 Å². The molecule has 0 spiro atoms. The van der Waals surface area contributed by atoms with Crippen LogP contribution < -0.4 is 66.7 Å². The maximum Gasteiger partial charge on any atom is 0.243 e. The summed E-state index contributed by atoms with van der Waals surface area (Å²) in [6.07, 6.45) is 2.41. The van der Waals surface area contributed by atoms with Gasteiger partial charge in [0.1, 0.15) is 24.2 Å². The van der Waals surface area contributed by atoms with E-state index in [0.717, 1.165) is 5.56 Å². The van der Waals surface area contributed by atoms with Gasteiger partial charge in [-0.05, 0) is 57.6 Å². The van der Waals surface area contributed by atoms with E-state index in [-0.39, 0.29) is 50.7 Å². The summed E-state index contributed by atoms with van der Waals surface area (Å²) in [6, 6.07) is 3.30. The third-order valence-corrected chi connectivity index (χ3v) is 7.57. The maximum absolute atomic E-state index is 13.6. The van der Waals surface area contributed by atoms with Crippen LogP contribution in [0.1, 0.15) is 57.4 Å². The van der Waals surface area contributed by atoms with Crippen LogP contribution in [-0.2, 0) is 35.2 Å². The molecule has 1 rings (SSSR count). The summed E-state index contributed by atoms with van der Waals surface area (Å²) in [6.45, 7) is 1.70. The van der Waals surface area contributed by atoms with Gasteiger partial charge < -0.3 is 66.7 Å². The molecular weight excluding hydrogens is 676 g/mol. The molecule has 290 valence electrons. The highest BCUT2D eigenvalue weighted by molar-refractivity contribution is 5.96. The lowest BCUT2D eigenvalue weighted by molar-refractivity contribution is -0.134. The predicted octanol–water partition coefficient (Wildman–Crippen LogP) is -4.65. The number of primary amides is 1. The van der Waals surface area contributed by atoms with Gasteiger partial charge in [0.15, 0.2) is 11.9 Å². The molecule has 0 radical (unpaired) electrons. The highest BCUT2D eigenvalue weighted by Crippen LogP contribution is 2.07. The summed E-state index contributed by atoms with van der Waals surface area (Å²) >= 11 is 0. The van der Waals surface area contributed by atoms with Crippen LogP contribution in [0.15, 0.2) is 40.3 Å². The van der Waals surface area contributed by atoms with Gasteiger partial charge in [-0.3, -0.25) is 38.8 Å². The molecule has 20 heteroatoms. The maximum atomic E-state index is 13.6. The van der Waals surface area contributed by atoms with Crippen LogP contribution in [0.4, 0.5) is 0 Å². The molecule has 1 aromatic rings. The van der Waals surface area contributed by atoms with E-state index in [2.05, 4.69) is 36.6 Å². The highest BCUT2D eigenvalue weighted by Gasteiger charge is 2.30. The Bertz CT molecular complexity index is 1370. The number of nitrogens with zero attached hydrogens (tertiary/aromatic N) is 2.